The number of hydrogen-bond acceptors (Lipinski definition) is 5. The minimum Gasteiger partial charge on any atom is -0.497 e. The van der Waals surface area contributed by atoms with E-state index in [9.17, 15) is 4.79 Å². The van der Waals surface area contributed by atoms with Crippen molar-refractivity contribution in [1.29, 1.82) is 0 Å². The van der Waals surface area contributed by atoms with Crippen LogP contribution in [0.5, 0.6) is 11.5 Å². The molecule has 2 aliphatic rings. The van der Waals surface area contributed by atoms with Gasteiger partial charge < -0.3 is 19.1 Å². The van der Waals surface area contributed by atoms with Crippen molar-refractivity contribution >= 4 is 12.0 Å². The average molecular weight is 360 g/mol. The van der Waals surface area contributed by atoms with Gasteiger partial charge in [0.05, 0.1) is 20.3 Å². The number of nitrogens with zero attached hydrogens (tertiary/aromatic N) is 2. The van der Waals surface area contributed by atoms with Gasteiger partial charge in [0, 0.05) is 51.5 Å². The molecule has 0 spiro atoms. The lowest BCUT2D eigenvalue weighted by molar-refractivity contribution is -0.127. The molecular formula is C20H28N2O4. The van der Waals surface area contributed by atoms with E-state index < -0.39 is 0 Å². The van der Waals surface area contributed by atoms with E-state index in [1.165, 1.54) is 6.42 Å². The van der Waals surface area contributed by atoms with E-state index in [1.54, 1.807) is 20.3 Å². The smallest absolute Gasteiger partial charge is 0.246 e. The Morgan fingerprint density at radius 2 is 1.85 bits per heavy atom. The third-order valence-corrected chi connectivity index (χ3v) is 4.96. The van der Waals surface area contributed by atoms with Crippen molar-refractivity contribution in [3.8, 4) is 11.5 Å². The zero-order chi connectivity index (χ0) is 18.4. The van der Waals surface area contributed by atoms with Crippen LogP contribution in [0.25, 0.3) is 6.08 Å². The van der Waals surface area contributed by atoms with E-state index in [-0.39, 0.29) is 5.91 Å². The first-order valence-electron chi connectivity index (χ1n) is 9.22. The molecule has 0 N–H and O–H groups in total. The quantitative estimate of drug-likeness (QED) is 0.727. The first-order valence-corrected chi connectivity index (χ1v) is 9.22. The largest absolute Gasteiger partial charge is 0.497 e. The van der Waals surface area contributed by atoms with Crippen LogP contribution in [-0.2, 0) is 9.53 Å². The molecule has 0 radical (unpaired) electrons. The van der Waals surface area contributed by atoms with Crippen LogP contribution in [0.4, 0.5) is 0 Å². The Hall–Kier alpha value is -2.05. The Bertz CT molecular complexity index is 610. The molecule has 142 valence electrons. The first-order chi connectivity index (χ1) is 12.7. The van der Waals surface area contributed by atoms with Crippen molar-refractivity contribution < 1.29 is 19.0 Å². The van der Waals surface area contributed by atoms with Crippen LogP contribution in [0.2, 0.25) is 0 Å². The number of carbonyl (C=O) groups excluding carboxylic acids is 1. The number of hydrogen-bond donors (Lipinski definition) is 0. The highest BCUT2D eigenvalue weighted by atomic mass is 16.5. The Morgan fingerprint density at radius 1 is 1.15 bits per heavy atom. The number of carbonyl (C=O) groups is 1. The molecule has 1 aromatic carbocycles. The second-order valence-electron chi connectivity index (χ2n) is 6.74. The highest BCUT2D eigenvalue weighted by Crippen LogP contribution is 2.23. The van der Waals surface area contributed by atoms with Gasteiger partial charge in [0.15, 0.2) is 0 Å². The highest BCUT2D eigenvalue weighted by Gasteiger charge is 2.24. The third-order valence-electron chi connectivity index (χ3n) is 4.96. The van der Waals surface area contributed by atoms with Gasteiger partial charge in [-0.1, -0.05) is 0 Å². The maximum absolute atomic E-state index is 12.5. The van der Waals surface area contributed by atoms with E-state index in [0.717, 1.165) is 51.3 Å². The van der Waals surface area contributed by atoms with Crippen LogP contribution < -0.4 is 9.47 Å². The predicted octanol–water partition coefficient (Wildman–Crippen LogP) is 2.04. The van der Waals surface area contributed by atoms with Gasteiger partial charge in [-0.05, 0) is 36.6 Å². The van der Waals surface area contributed by atoms with Gasteiger partial charge in [-0.15, -0.1) is 0 Å². The summed E-state index contributed by atoms with van der Waals surface area (Å²) in [6.07, 6.45) is 6.14. The van der Waals surface area contributed by atoms with E-state index in [2.05, 4.69) is 4.90 Å². The molecule has 2 aliphatic heterocycles. The zero-order valence-electron chi connectivity index (χ0n) is 15.6. The summed E-state index contributed by atoms with van der Waals surface area (Å²) >= 11 is 0. The number of ether oxygens (including phenoxy) is 3. The van der Waals surface area contributed by atoms with Gasteiger partial charge in [0.25, 0.3) is 0 Å². The van der Waals surface area contributed by atoms with Crippen molar-refractivity contribution in [1.82, 2.24) is 9.80 Å². The summed E-state index contributed by atoms with van der Waals surface area (Å²) in [4.78, 5) is 16.8. The number of rotatable bonds is 6. The predicted molar refractivity (Wildman–Crippen MR) is 101 cm³/mol. The average Bonchev–Trinajstić information content (AvgIpc) is 3.19. The van der Waals surface area contributed by atoms with E-state index >= 15 is 0 Å². The molecule has 0 bridgehead atoms. The molecule has 0 aliphatic carbocycles. The maximum Gasteiger partial charge on any atom is 0.246 e. The fraction of sp³-hybridized carbons (Fsp3) is 0.550. The molecule has 0 saturated carbocycles. The Kier molecular flexibility index (Phi) is 6.52. The molecule has 2 fully saturated rings. The maximum atomic E-state index is 12.5. The SMILES string of the molecule is COc1cc(/C=C/C(=O)N2CCN(CC3CCCO3)CC2)cc(OC)c1. The number of amides is 1. The topological polar surface area (TPSA) is 51.2 Å². The number of piperazine rings is 1. The standard InChI is InChI=1S/C20H28N2O4/c1-24-18-12-16(13-19(14-18)25-2)5-6-20(23)22-9-7-21(8-10-22)15-17-4-3-11-26-17/h5-6,12-14,17H,3-4,7-11,15H2,1-2H3/b6-5+. The molecular weight excluding hydrogens is 332 g/mol. The Morgan fingerprint density at radius 3 is 2.42 bits per heavy atom. The zero-order valence-corrected chi connectivity index (χ0v) is 15.6. The van der Waals surface area contributed by atoms with Crippen LogP contribution in [0, 0.1) is 0 Å². The third kappa shape index (κ3) is 4.99. The lowest BCUT2D eigenvalue weighted by Gasteiger charge is -2.35. The molecule has 1 amide bonds. The Balaban J connectivity index is 1.51. The van der Waals surface area contributed by atoms with E-state index in [0.29, 0.717) is 17.6 Å². The molecule has 6 nitrogen and oxygen atoms in total. The molecule has 26 heavy (non-hydrogen) atoms. The summed E-state index contributed by atoms with van der Waals surface area (Å²) in [7, 11) is 3.23. The van der Waals surface area contributed by atoms with Crippen LogP contribution in [0.15, 0.2) is 24.3 Å². The summed E-state index contributed by atoms with van der Waals surface area (Å²) in [6.45, 7) is 5.22. The molecule has 1 aromatic rings. The van der Waals surface area contributed by atoms with Crippen molar-refractivity contribution in [2.24, 2.45) is 0 Å². The fourth-order valence-electron chi connectivity index (χ4n) is 3.43. The van der Waals surface area contributed by atoms with Crippen LogP contribution in [0.3, 0.4) is 0 Å². The van der Waals surface area contributed by atoms with E-state index in [1.807, 2.05) is 29.2 Å². The minimum atomic E-state index is 0.0450. The van der Waals surface area contributed by atoms with Crippen molar-refractivity contribution in [2.75, 3.05) is 53.6 Å². The normalized spacial score (nSPS) is 21.3. The van der Waals surface area contributed by atoms with Gasteiger partial charge in [0.2, 0.25) is 5.91 Å². The monoisotopic (exact) mass is 360 g/mol. The number of benzene rings is 1. The molecule has 2 saturated heterocycles. The van der Waals surface area contributed by atoms with Crippen molar-refractivity contribution in [3.05, 3.63) is 29.8 Å². The second kappa shape index (κ2) is 9.05. The molecule has 6 heteroatoms. The van der Waals surface area contributed by atoms with Crippen LogP contribution in [0.1, 0.15) is 18.4 Å². The second-order valence-corrected chi connectivity index (χ2v) is 6.74. The van der Waals surface area contributed by atoms with Crippen LogP contribution >= 0.6 is 0 Å². The summed E-state index contributed by atoms with van der Waals surface area (Å²) in [5, 5.41) is 0. The lowest BCUT2D eigenvalue weighted by atomic mass is 10.1. The van der Waals surface area contributed by atoms with Gasteiger partial charge in [-0.2, -0.15) is 0 Å². The number of methoxy groups -OCH3 is 2. The molecule has 2 heterocycles. The summed E-state index contributed by atoms with van der Waals surface area (Å²) in [5.74, 6) is 1.46. The highest BCUT2D eigenvalue weighted by molar-refractivity contribution is 5.92. The molecule has 3 rings (SSSR count). The summed E-state index contributed by atoms with van der Waals surface area (Å²) in [6, 6.07) is 5.57. The summed E-state index contributed by atoms with van der Waals surface area (Å²) < 4.78 is 16.2. The fourth-order valence-corrected chi connectivity index (χ4v) is 3.43. The van der Waals surface area contributed by atoms with Gasteiger partial charge in [0.1, 0.15) is 11.5 Å². The summed E-state index contributed by atoms with van der Waals surface area (Å²) in [5.41, 5.74) is 0.881. The van der Waals surface area contributed by atoms with Crippen LogP contribution in [-0.4, -0.2) is 75.4 Å². The first kappa shape index (κ1) is 18.7. The molecule has 1 atom stereocenters. The Labute approximate surface area is 155 Å². The van der Waals surface area contributed by atoms with Gasteiger partial charge >= 0.3 is 0 Å². The van der Waals surface area contributed by atoms with Gasteiger partial charge in [-0.3, -0.25) is 9.69 Å². The lowest BCUT2D eigenvalue weighted by Crippen LogP contribution is -2.50. The minimum absolute atomic E-state index is 0.0450. The molecule has 1 unspecified atom stereocenters. The van der Waals surface area contributed by atoms with E-state index in [4.69, 9.17) is 14.2 Å². The van der Waals surface area contributed by atoms with Crippen molar-refractivity contribution in [3.63, 3.8) is 0 Å². The van der Waals surface area contributed by atoms with Crippen molar-refractivity contribution in [2.45, 2.75) is 18.9 Å². The molecule has 0 aromatic heterocycles. The van der Waals surface area contributed by atoms with Gasteiger partial charge in [-0.25, -0.2) is 0 Å².